The fourth-order valence-electron chi connectivity index (χ4n) is 2.16. The first-order valence-corrected chi connectivity index (χ1v) is 6.20. The van der Waals surface area contributed by atoms with Crippen molar-refractivity contribution in [2.24, 2.45) is 0 Å². The summed E-state index contributed by atoms with van der Waals surface area (Å²) in [6.07, 6.45) is 0. The number of benzene rings is 1. The Balaban J connectivity index is 2.32. The molecule has 1 aromatic heterocycles. The molecule has 0 atom stereocenters. The summed E-state index contributed by atoms with van der Waals surface area (Å²) < 4.78 is 0. The minimum absolute atomic E-state index is 0.0172. The molecule has 2 nitrogen and oxygen atoms in total. The van der Waals surface area contributed by atoms with E-state index in [2.05, 4.69) is 0 Å². The van der Waals surface area contributed by atoms with Crippen LogP contribution in [0.5, 0.6) is 0 Å². The van der Waals surface area contributed by atoms with Gasteiger partial charge in [-0.2, -0.15) is 0 Å². The van der Waals surface area contributed by atoms with E-state index in [4.69, 9.17) is 0 Å². The molecule has 0 unspecified atom stereocenters. The van der Waals surface area contributed by atoms with Crippen molar-refractivity contribution in [3.63, 3.8) is 0 Å². The van der Waals surface area contributed by atoms with Crippen molar-refractivity contribution in [2.45, 2.75) is 13.8 Å². The van der Waals surface area contributed by atoms with Gasteiger partial charge in [-0.1, -0.05) is 17.7 Å². The number of carbonyl (C=O) groups is 2. The third-order valence-electron chi connectivity index (χ3n) is 2.97. The molecule has 0 amide bonds. The number of thiophene rings is 1. The zero-order valence-corrected chi connectivity index (χ0v) is 10.4. The third kappa shape index (κ3) is 1.39. The van der Waals surface area contributed by atoms with Gasteiger partial charge in [0.05, 0.1) is 4.88 Å². The molecular formula is C14H10O2S. The number of hydrogen-bond donors (Lipinski definition) is 0. The maximum absolute atomic E-state index is 12.3. The molecule has 3 heteroatoms. The van der Waals surface area contributed by atoms with E-state index in [0.29, 0.717) is 21.6 Å². The van der Waals surface area contributed by atoms with Crippen molar-refractivity contribution in [2.75, 3.05) is 0 Å². The summed E-state index contributed by atoms with van der Waals surface area (Å²) in [5, 5.41) is 0. The highest BCUT2D eigenvalue weighted by Crippen LogP contribution is 2.33. The molecule has 0 saturated heterocycles. The van der Waals surface area contributed by atoms with Crippen LogP contribution in [0, 0.1) is 13.8 Å². The maximum Gasteiger partial charge on any atom is 0.204 e. The molecule has 0 bridgehead atoms. The molecule has 0 aliphatic heterocycles. The standard InChI is InChI=1S/C14H10O2S/c1-7-3-4-9-10(5-7)13(16)14-11(12(9)15)6-8(2)17-14/h3-6H,1-2H3. The highest BCUT2D eigenvalue weighted by molar-refractivity contribution is 7.14. The van der Waals surface area contributed by atoms with E-state index in [0.717, 1.165) is 10.4 Å². The van der Waals surface area contributed by atoms with E-state index < -0.39 is 0 Å². The van der Waals surface area contributed by atoms with E-state index in [9.17, 15) is 9.59 Å². The fraction of sp³-hybridized carbons (Fsp3) is 0.143. The summed E-state index contributed by atoms with van der Waals surface area (Å²) in [5.74, 6) is -0.0460. The molecule has 3 rings (SSSR count). The summed E-state index contributed by atoms with van der Waals surface area (Å²) in [6.45, 7) is 3.84. The molecular weight excluding hydrogens is 232 g/mol. The minimum atomic E-state index is -0.0287. The van der Waals surface area contributed by atoms with E-state index >= 15 is 0 Å². The van der Waals surface area contributed by atoms with Gasteiger partial charge >= 0.3 is 0 Å². The van der Waals surface area contributed by atoms with Gasteiger partial charge in [0.1, 0.15) is 0 Å². The van der Waals surface area contributed by atoms with Crippen LogP contribution in [-0.4, -0.2) is 11.6 Å². The smallest absolute Gasteiger partial charge is 0.204 e. The second-order valence-electron chi connectivity index (χ2n) is 4.31. The average molecular weight is 242 g/mol. The first kappa shape index (κ1) is 10.4. The van der Waals surface area contributed by atoms with Crippen molar-refractivity contribution in [3.8, 4) is 0 Å². The van der Waals surface area contributed by atoms with Crippen LogP contribution in [0.3, 0.4) is 0 Å². The lowest BCUT2D eigenvalue weighted by molar-refractivity contribution is 0.0982. The van der Waals surface area contributed by atoms with Crippen LogP contribution in [0.2, 0.25) is 0 Å². The largest absolute Gasteiger partial charge is 0.289 e. The Morgan fingerprint density at radius 3 is 2.41 bits per heavy atom. The molecule has 0 fully saturated rings. The first-order valence-electron chi connectivity index (χ1n) is 5.38. The summed E-state index contributed by atoms with van der Waals surface area (Å²) in [7, 11) is 0. The van der Waals surface area contributed by atoms with Crippen molar-refractivity contribution >= 4 is 22.9 Å². The molecule has 0 saturated carbocycles. The predicted octanol–water partition coefficient (Wildman–Crippen LogP) is 3.14. The molecule has 0 radical (unpaired) electrons. The maximum atomic E-state index is 12.3. The van der Waals surface area contributed by atoms with Crippen LogP contribution in [0.15, 0.2) is 24.3 Å². The first-order chi connectivity index (χ1) is 8.08. The fourth-order valence-corrected chi connectivity index (χ4v) is 3.13. The topological polar surface area (TPSA) is 34.1 Å². The van der Waals surface area contributed by atoms with Crippen LogP contribution in [0.4, 0.5) is 0 Å². The molecule has 1 heterocycles. The lowest BCUT2D eigenvalue weighted by atomic mass is 9.88. The van der Waals surface area contributed by atoms with Crippen LogP contribution in [0.25, 0.3) is 0 Å². The molecule has 0 N–H and O–H groups in total. The minimum Gasteiger partial charge on any atom is -0.289 e. The van der Waals surface area contributed by atoms with Gasteiger partial charge in [-0.05, 0) is 26.0 Å². The second kappa shape index (κ2) is 3.37. The molecule has 17 heavy (non-hydrogen) atoms. The Bertz CT molecular complexity index is 665. The zero-order valence-electron chi connectivity index (χ0n) is 9.53. The van der Waals surface area contributed by atoms with Gasteiger partial charge in [-0.15, -0.1) is 11.3 Å². The Labute approximate surface area is 103 Å². The van der Waals surface area contributed by atoms with Gasteiger partial charge in [0.15, 0.2) is 5.78 Å². The van der Waals surface area contributed by atoms with Crippen LogP contribution >= 0.6 is 11.3 Å². The normalized spacial score (nSPS) is 13.5. The number of fused-ring (bicyclic) bond motifs is 2. The Hall–Kier alpha value is -1.74. The Morgan fingerprint density at radius 1 is 0.882 bits per heavy atom. The summed E-state index contributed by atoms with van der Waals surface area (Å²) >= 11 is 1.40. The van der Waals surface area contributed by atoms with Gasteiger partial charge in [-0.25, -0.2) is 0 Å². The monoisotopic (exact) mass is 242 g/mol. The Kier molecular flexibility index (Phi) is 2.07. The summed E-state index contributed by atoms with van der Waals surface area (Å²) in [4.78, 5) is 26.1. The second-order valence-corrected chi connectivity index (χ2v) is 5.56. The summed E-state index contributed by atoms with van der Waals surface area (Å²) in [6, 6.07) is 7.23. The van der Waals surface area contributed by atoms with Crippen molar-refractivity contribution in [1.82, 2.24) is 0 Å². The van der Waals surface area contributed by atoms with Crippen molar-refractivity contribution in [3.05, 3.63) is 56.3 Å². The van der Waals surface area contributed by atoms with Crippen LogP contribution in [-0.2, 0) is 0 Å². The van der Waals surface area contributed by atoms with Crippen LogP contribution in [0.1, 0.15) is 41.6 Å². The lowest BCUT2D eigenvalue weighted by Crippen LogP contribution is -2.18. The summed E-state index contributed by atoms with van der Waals surface area (Å²) in [5.41, 5.74) is 2.64. The Morgan fingerprint density at radius 2 is 1.65 bits per heavy atom. The average Bonchev–Trinajstić information content (AvgIpc) is 2.68. The van der Waals surface area contributed by atoms with Gasteiger partial charge in [0.2, 0.25) is 5.78 Å². The molecule has 1 aromatic carbocycles. The molecule has 1 aliphatic carbocycles. The third-order valence-corrected chi connectivity index (χ3v) is 4.02. The van der Waals surface area contributed by atoms with Crippen molar-refractivity contribution < 1.29 is 9.59 Å². The molecule has 2 aromatic rings. The van der Waals surface area contributed by atoms with Gasteiger partial charge in [0.25, 0.3) is 0 Å². The SMILES string of the molecule is Cc1ccc2c(c1)C(=O)c1sc(C)cc1C2=O. The number of hydrogen-bond acceptors (Lipinski definition) is 3. The molecule has 0 spiro atoms. The number of ketones is 2. The molecule has 1 aliphatic rings. The van der Waals surface area contributed by atoms with Gasteiger partial charge in [-0.3, -0.25) is 9.59 Å². The van der Waals surface area contributed by atoms with Crippen LogP contribution < -0.4 is 0 Å². The highest BCUT2D eigenvalue weighted by Gasteiger charge is 2.31. The van der Waals surface area contributed by atoms with E-state index in [-0.39, 0.29) is 11.6 Å². The lowest BCUT2D eigenvalue weighted by Gasteiger charge is -2.14. The highest BCUT2D eigenvalue weighted by atomic mass is 32.1. The van der Waals surface area contributed by atoms with Gasteiger partial charge in [0, 0.05) is 21.6 Å². The zero-order chi connectivity index (χ0) is 12.2. The van der Waals surface area contributed by atoms with Crippen molar-refractivity contribution in [1.29, 1.82) is 0 Å². The van der Waals surface area contributed by atoms with E-state index in [1.807, 2.05) is 26.0 Å². The van der Waals surface area contributed by atoms with Gasteiger partial charge < -0.3 is 0 Å². The number of aryl methyl sites for hydroxylation is 2. The number of carbonyl (C=O) groups excluding carboxylic acids is 2. The number of rotatable bonds is 0. The quantitative estimate of drug-likeness (QED) is 0.607. The van der Waals surface area contributed by atoms with E-state index in [1.165, 1.54) is 11.3 Å². The van der Waals surface area contributed by atoms with E-state index in [1.54, 1.807) is 12.1 Å². The predicted molar refractivity (Wildman–Crippen MR) is 67.1 cm³/mol. The molecule has 84 valence electrons.